The lowest BCUT2D eigenvalue weighted by molar-refractivity contribution is 0.285. The zero-order valence-corrected chi connectivity index (χ0v) is 14.9. The smallest absolute Gasteiger partial charge is 0.140 e. The van der Waals surface area contributed by atoms with E-state index in [-0.39, 0.29) is 0 Å². The molecule has 0 radical (unpaired) electrons. The molecule has 1 aromatic carbocycles. The number of rotatable bonds is 3. The first-order valence-corrected chi connectivity index (χ1v) is 9.45. The van der Waals surface area contributed by atoms with Gasteiger partial charge in [0.25, 0.3) is 0 Å². The van der Waals surface area contributed by atoms with Crippen molar-refractivity contribution in [3.05, 3.63) is 52.6 Å². The van der Waals surface area contributed by atoms with Gasteiger partial charge in [-0.25, -0.2) is 9.97 Å². The van der Waals surface area contributed by atoms with Crippen LogP contribution < -0.4 is 4.90 Å². The second-order valence-electron chi connectivity index (χ2n) is 6.08. The Hall–Kier alpha value is -1.69. The number of nitrogens with zero attached hydrogens (tertiary/aromatic N) is 4. The quantitative estimate of drug-likeness (QED) is 0.706. The van der Waals surface area contributed by atoms with Gasteiger partial charge in [0.05, 0.1) is 5.39 Å². The molecule has 4 rings (SSSR count). The van der Waals surface area contributed by atoms with Gasteiger partial charge in [-0.3, -0.25) is 4.90 Å². The monoisotopic (exact) mass is 358 g/mol. The van der Waals surface area contributed by atoms with Crippen molar-refractivity contribution in [2.24, 2.45) is 0 Å². The van der Waals surface area contributed by atoms with Crippen molar-refractivity contribution in [2.45, 2.75) is 13.0 Å². The average Bonchev–Trinajstić information content (AvgIpc) is 2.97. The molecule has 1 fully saturated rings. The van der Waals surface area contributed by atoms with Gasteiger partial charge < -0.3 is 4.90 Å². The highest BCUT2D eigenvalue weighted by Gasteiger charge is 2.18. The maximum atomic E-state index is 5.97. The lowest BCUT2D eigenvalue weighted by Gasteiger charge is -2.23. The van der Waals surface area contributed by atoms with Crippen LogP contribution in [-0.2, 0) is 6.54 Å². The Kier molecular flexibility index (Phi) is 4.65. The first-order valence-electron chi connectivity index (χ1n) is 8.19. The number of hydrogen-bond donors (Lipinski definition) is 0. The van der Waals surface area contributed by atoms with Crippen molar-refractivity contribution in [1.82, 2.24) is 14.9 Å². The molecule has 0 spiro atoms. The van der Waals surface area contributed by atoms with Crippen LogP contribution in [0.1, 0.15) is 12.0 Å². The van der Waals surface area contributed by atoms with E-state index >= 15 is 0 Å². The van der Waals surface area contributed by atoms with Crippen LogP contribution in [0.5, 0.6) is 0 Å². The molecule has 0 bridgehead atoms. The van der Waals surface area contributed by atoms with E-state index in [2.05, 4.69) is 43.3 Å². The molecule has 0 amide bonds. The summed E-state index contributed by atoms with van der Waals surface area (Å²) in [4.78, 5) is 14.9. The Bertz CT molecular complexity index is 817. The fraction of sp³-hybridized carbons (Fsp3) is 0.333. The summed E-state index contributed by atoms with van der Waals surface area (Å²) in [6.45, 7) is 5.16. The summed E-state index contributed by atoms with van der Waals surface area (Å²) >= 11 is 7.65. The van der Waals surface area contributed by atoms with Gasteiger partial charge in [-0.2, -0.15) is 0 Å². The van der Waals surface area contributed by atoms with E-state index < -0.39 is 0 Å². The van der Waals surface area contributed by atoms with Crippen LogP contribution >= 0.6 is 22.9 Å². The van der Waals surface area contributed by atoms with E-state index in [1.165, 1.54) is 10.9 Å². The van der Waals surface area contributed by atoms with Crippen LogP contribution in [-0.4, -0.2) is 41.0 Å². The van der Waals surface area contributed by atoms with Crippen LogP contribution in [0.25, 0.3) is 10.2 Å². The maximum Gasteiger partial charge on any atom is 0.140 e. The van der Waals surface area contributed by atoms with Crippen LogP contribution in [0.2, 0.25) is 5.02 Å². The largest absolute Gasteiger partial charge is 0.355 e. The fourth-order valence-corrected chi connectivity index (χ4v) is 4.07. The van der Waals surface area contributed by atoms with Gasteiger partial charge >= 0.3 is 0 Å². The van der Waals surface area contributed by atoms with E-state index in [4.69, 9.17) is 11.6 Å². The fourth-order valence-electron chi connectivity index (χ4n) is 3.22. The molecule has 0 N–H and O–H groups in total. The molecule has 1 saturated heterocycles. The predicted octanol–water partition coefficient (Wildman–Crippen LogP) is 4.06. The minimum atomic E-state index is 0.796. The van der Waals surface area contributed by atoms with Crippen LogP contribution in [0.3, 0.4) is 0 Å². The summed E-state index contributed by atoms with van der Waals surface area (Å²) < 4.78 is 0. The zero-order chi connectivity index (χ0) is 16.4. The van der Waals surface area contributed by atoms with Gasteiger partial charge in [-0.1, -0.05) is 23.7 Å². The number of benzene rings is 1. The number of halogens is 1. The normalized spacial score (nSPS) is 16.5. The van der Waals surface area contributed by atoms with E-state index in [0.717, 1.165) is 54.8 Å². The van der Waals surface area contributed by atoms with Crippen molar-refractivity contribution in [3.8, 4) is 0 Å². The molecule has 2 aromatic heterocycles. The van der Waals surface area contributed by atoms with Gasteiger partial charge in [0.1, 0.15) is 17.0 Å². The third-order valence-corrected chi connectivity index (χ3v) is 5.52. The number of fused-ring (bicyclic) bond motifs is 1. The molecule has 124 valence electrons. The van der Waals surface area contributed by atoms with Crippen molar-refractivity contribution in [1.29, 1.82) is 0 Å². The summed E-state index contributed by atoms with van der Waals surface area (Å²) in [5.74, 6) is 1.08. The molecule has 4 nitrogen and oxygen atoms in total. The van der Waals surface area contributed by atoms with Crippen molar-refractivity contribution in [3.63, 3.8) is 0 Å². The number of thiophene rings is 1. The predicted molar refractivity (Wildman–Crippen MR) is 101 cm³/mol. The topological polar surface area (TPSA) is 32.3 Å². The highest BCUT2D eigenvalue weighted by molar-refractivity contribution is 7.16. The Morgan fingerprint density at radius 2 is 1.88 bits per heavy atom. The molecule has 0 saturated carbocycles. The third-order valence-electron chi connectivity index (χ3n) is 4.45. The van der Waals surface area contributed by atoms with Crippen LogP contribution in [0, 0.1) is 0 Å². The SMILES string of the molecule is Clc1ccc(CN2CCCN(c3ncnc4sccc34)CC2)cc1. The molecular formula is C18H19ClN4S. The number of aromatic nitrogens is 2. The Labute approximate surface area is 150 Å². The number of hydrogen-bond acceptors (Lipinski definition) is 5. The molecule has 0 aliphatic carbocycles. The van der Waals surface area contributed by atoms with Crippen molar-refractivity contribution >= 4 is 39.0 Å². The van der Waals surface area contributed by atoms with Crippen molar-refractivity contribution in [2.75, 3.05) is 31.1 Å². The third kappa shape index (κ3) is 3.38. The number of anilines is 1. The molecule has 24 heavy (non-hydrogen) atoms. The Balaban J connectivity index is 1.46. The average molecular weight is 359 g/mol. The molecule has 6 heteroatoms. The van der Waals surface area contributed by atoms with E-state index in [1.807, 2.05) is 12.1 Å². The Morgan fingerprint density at radius 1 is 1.00 bits per heavy atom. The van der Waals surface area contributed by atoms with Crippen molar-refractivity contribution < 1.29 is 0 Å². The molecule has 3 heterocycles. The first-order chi connectivity index (χ1) is 11.8. The second kappa shape index (κ2) is 7.05. The highest BCUT2D eigenvalue weighted by atomic mass is 35.5. The molecule has 0 unspecified atom stereocenters. The zero-order valence-electron chi connectivity index (χ0n) is 13.4. The van der Waals surface area contributed by atoms with E-state index in [0.29, 0.717) is 0 Å². The van der Waals surface area contributed by atoms with Gasteiger partial charge in [0.15, 0.2) is 0 Å². The first kappa shape index (κ1) is 15.8. The van der Waals surface area contributed by atoms with Crippen LogP contribution in [0.4, 0.5) is 5.82 Å². The molecular weight excluding hydrogens is 340 g/mol. The lowest BCUT2D eigenvalue weighted by Crippen LogP contribution is -2.31. The molecule has 1 aliphatic heterocycles. The standard InChI is InChI=1S/C18H19ClN4S/c19-15-4-2-14(3-5-15)12-22-7-1-8-23(10-9-22)17-16-6-11-24-18(16)21-13-20-17/h2-6,11,13H,1,7-10,12H2. The molecule has 1 aliphatic rings. The molecule has 3 aromatic rings. The van der Waals surface area contributed by atoms with E-state index in [9.17, 15) is 0 Å². The summed E-state index contributed by atoms with van der Waals surface area (Å²) in [5.41, 5.74) is 1.31. The lowest BCUT2D eigenvalue weighted by atomic mass is 10.2. The minimum absolute atomic E-state index is 0.796. The van der Waals surface area contributed by atoms with Gasteiger partial charge in [0, 0.05) is 37.7 Å². The van der Waals surface area contributed by atoms with Crippen LogP contribution in [0.15, 0.2) is 42.0 Å². The Morgan fingerprint density at radius 3 is 2.75 bits per heavy atom. The van der Waals surface area contributed by atoms with E-state index in [1.54, 1.807) is 17.7 Å². The van der Waals surface area contributed by atoms with Gasteiger partial charge in [0.2, 0.25) is 0 Å². The second-order valence-corrected chi connectivity index (χ2v) is 7.41. The maximum absolute atomic E-state index is 5.97. The summed E-state index contributed by atoms with van der Waals surface area (Å²) in [6.07, 6.45) is 2.83. The highest BCUT2D eigenvalue weighted by Crippen LogP contribution is 2.27. The molecule has 0 atom stereocenters. The summed E-state index contributed by atoms with van der Waals surface area (Å²) in [7, 11) is 0. The summed E-state index contributed by atoms with van der Waals surface area (Å²) in [5, 5.41) is 4.06. The summed E-state index contributed by atoms with van der Waals surface area (Å²) in [6, 6.07) is 10.3. The van der Waals surface area contributed by atoms with Gasteiger partial charge in [-0.05, 0) is 35.6 Å². The van der Waals surface area contributed by atoms with Gasteiger partial charge in [-0.15, -0.1) is 11.3 Å². The minimum Gasteiger partial charge on any atom is -0.355 e.